The molecule has 0 radical (unpaired) electrons. The predicted molar refractivity (Wildman–Crippen MR) is 59.7 cm³/mol. The zero-order chi connectivity index (χ0) is 11.1. The van der Waals surface area contributed by atoms with Crippen LogP contribution < -0.4 is 0 Å². The summed E-state index contributed by atoms with van der Waals surface area (Å²) >= 11 is 0. The molecular weight excluding hydrogens is 188 g/mol. The zero-order valence-corrected chi connectivity index (χ0v) is 9.93. The summed E-state index contributed by atoms with van der Waals surface area (Å²) in [6.45, 7) is 4.16. The number of methoxy groups -OCH3 is 1. The van der Waals surface area contributed by atoms with E-state index in [2.05, 4.69) is 6.92 Å². The van der Waals surface area contributed by atoms with E-state index < -0.39 is 0 Å². The van der Waals surface area contributed by atoms with Crippen LogP contribution in [0, 0.1) is 5.92 Å². The summed E-state index contributed by atoms with van der Waals surface area (Å²) in [7, 11) is 1.78. The number of carbonyl (C=O) groups is 1. The standard InChI is InChI=1S/C13H20O2/c1-9-10-5-4-6-11(10)13(2,15-3)8-7-12(9)14/h11H,4-8H2,1-3H3/t11-,13-/m1/s1. The SMILES string of the molecule is CO[C@]1(C)CCC(=O)C(C)=C2CCC[C@H]21. The van der Waals surface area contributed by atoms with E-state index in [9.17, 15) is 4.79 Å². The van der Waals surface area contributed by atoms with E-state index in [1.54, 1.807) is 7.11 Å². The minimum atomic E-state index is -0.112. The Hall–Kier alpha value is -0.630. The van der Waals surface area contributed by atoms with Crippen LogP contribution in [0.2, 0.25) is 0 Å². The molecule has 0 aromatic rings. The lowest BCUT2D eigenvalue weighted by Gasteiger charge is -2.34. The van der Waals surface area contributed by atoms with Gasteiger partial charge in [-0.3, -0.25) is 4.79 Å². The molecule has 15 heavy (non-hydrogen) atoms. The van der Waals surface area contributed by atoms with Gasteiger partial charge in [0.15, 0.2) is 5.78 Å². The molecule has 0 N–H and O–H groups in total. The molecule has 2 rings (SSSR count). The van der Waals surface area contributed by atoms with Crippen LogP contribution in [0.4, 0.5) is 0 Å². The molecule has 0 aromatic heterocycles. The van der Waals surface area contributed by atoms with E-state index in [0.717, 1.165) is 18.4 Å². The minimum Gasteiger partial charge on any atom is -0.378 e. The van der Waals surface area contributed by atoms with Gasteiger partial charge in [-0.2, -0.15) is 0 Å². The number of ketones is 1. The van der Waals surface area contributed by atoms with E-state index >= 15 is 0 Å². The van der Waals surface area contributed by atoms with Crippen LogP contribution in [0.25, 0.3) is 0 Å². The Balaban J connectivity index is 2.42. The first kappa shape index (κ1) is 10.9. The normalized spacial score (nSPS) is 36.7. The van der Waals surface area contributed by atoms with Gasteiger partial charge in [0.2, 0.25) is 0 Å². The highest BCUT2D eigenvalue weighted by Gasteiger charge is 2.42. The lowest BCUT2D eigenvalue weighted by Crippen LogP contribution is -2.35. The third-order valence-corrected chi connectivity index (χ3v) is 4.31. The van der Waals surface area contributed by atoms with Crippen molar-refractivity contribution in [3.63, 3.8) is 0 Å². The van der Waals surface area contributed by atoms with Crippen molar-refractivity contribution in [1.82, 2.24) is 0 Å². The maximum Gasteiger partial charge on any atom is 0.158 e. The third kappa shape index (κ3) is 1.65. The molecule has 2 heteroatoms. The summed E-state index contributed by atoms with van der Waals surface area (Å²) in [6, 6.07) is 0. The summed E-state index contributed by atoms with van der Waals surface area (Å²) in [4.78, 5) is 11.8. The van der Waals surface area contributed by atoms with Gasteiger partial charge < -0.3 is 4.74 Å². The second-order valence-electron chi connectivity index (χ2n) is 5.04. The minimum absolute atomic E-state index is 0.112. The number of hydrogen-bond acceptors (Lipinski definition) is 2. The van der Waals surface area contributed by atoms with Gasteiger partial charge in [-0.1, -0.05) is 5.57 Å². The van der Waals surface area contributed by atoms with E-state index in [1.807, 2.05) is 6.92 Å². The molecular formula is C13H20O2. The number of ether oxygens (including phenoxy) is 1. The first-order chi connectivity index (χ1) is 7.08. The lowest BCUT2D eigenvalue weighted by molar-refractivity contribution is -0.116. The average molecular weight is 208 g/mol. The van der Waals surface area contributed by atoms with E-state index in [1.165, 1.54) is 18.4 Å². The molecule has 0 bridgehead atoms. The van der Waals surface area contributed by atoms with Crippen molar-refractivity contribution in [3.05, 3.63) is 11.1 Å². The van der Waals surface area contributed by atoms with Crippen molar-refractivity contribution in [2.45, 2.75) is 51.6 Å². The predicted octanol–water partition coefficient (Wildman–Crippen LogP) is 2.87. The van der Waals surface area contributed by atoms with Crippen molar-refractivity contribution in [1.29, 1.82) is 0 Å². The average Bonchev–Trinajstić information content (AvgIpc) is 2.70. The molecule has 84 valence electrons. The second kappa shape index (κ2) is 3.75. The largest absolute Gasteiger partial charge is 0.378 e. The third-order valence-electron chi connectivity index (χ3n) is 4.31. The van der Waals surface area contributed by atoms with Gasteiger partial charge in [0.1, 0.15) is 0 Å². The molecule has 1 fully saturated rings. The molecule has 0 unspecified atom stereocenters. The molecule has 1 saturated carbocycles. The highest BCUT2D eigenvalue weighted by molar-refractivity contribution is 5.96. The highest BCUT2D eigenvalue weighted by Crippen LogP contribution is 2.46. The summed E-state index contributed by atoms with van der Waals surface area (Å²) in [5, 5.41) is 0. The van der Waals surface area contributed by atoms with Crippen LogP contribution in [0.15, 0.2) is 11.1 Å². The zero-order valence-electron chi connectivity index (χ0n) is 9.93. The summed E-state index contributed by atoms with van der Waals surface area (Å²) < 4.78 is 5.68. The first-order valence-corrected chi connectivity index (χ1v) is 5.86. The Bertz CT molecular complexity index is 316. The Kier molecular flexibility index (Phi) is 2.72. The molecule has 2 aliphatic rings. The smallest absolute Gasteiger partial charge is 0.158 e. The Morgan fingerprint density at radius 3 is 2.80 bits per heavy atom. The van der Waals surface area contributed by atoms with Gasteiger partial charge in [0.25, 0.3) is 0 Å². The van der Waals surface area contributed by atoms with Gasteiger partial charge >= 0.3 is 0 Å². The molecule has 0 aromatic carbocycles. The Morgan fingerprint density at radius 2 is 2.13 bits per heavy atom. The van der Waals surface area contributed by atoms with Gasteiger partial charge in [-0.25, -0.2) is 0 Å². The van der Waals surface area contributed by atoms with Gasteiger partial charge in [-0.05, 0) is 45.1 Å². The molecule has 2 aliphatic carbocycles. The molecule has 0 aliphatic heterocycles. The number of fused-ring (bicyclic) bond motifs is 1. The van der Waals surface area contributed by atoms with Gasteiger partial charge in [-0.15, -0.1) is 0 Å². The second-order valence-corrected chi connectivity index (χ2v) is 5.04. The first-order valence-electron chi connectivity index (χ1n) is 5.86. The fraction of sp³-hybridized carbons (Fsp3) is 0.769. The highest BCUT2D eigenvalue weighted by atomic mass is 16.5. The Morgan fingerprint density at radius 1 is 1.40 bits per heavy atom. The van der Waals surface area contributed by atoms with E-state index in [4.69, 9.17) is 4.74 Å². The number of carbonyl (C=O) groups excluding carboxylic acids is 1. The number of Topliss-reactive ketones (excluding diaryl/α,β-unsaturated/α-hetero) is 1. The van der Waals surface area contributed by atoms with Crippen LogP contribution >= 0.6 is 0 Å². The van der Waals surface area contributed by atoms with E-state index in [0.29, 0.717) is 18.1 Å². The maximum atomic E-state index is 11.8. The lowest BCUT2D eigenvalue weighted by atomic mass is 9.82. The van der Waals surface area contributed by atoms with Crippen LogP contribution in [0.3, 0.4) is 0 Å². The molecule has 2 nitrogen and oxygen atoms in total. The monoisotopic (exact) mass is 208 g/mol. The van der Waals surface area contributed by atoms with Crippen LogP contribution in [-0.2, 0) is 9.53 Å². The van der Waals surface area contributed by atoms with Gasteiger partial charge in [0, 0.05) is 19.4 Å². The quantitative estimate of drug-likeness (QED) is 0.662. The van der Waals surface area contributed by atoms with Crippen molar-refractivity contribution in [2.24, 2.45) is 5.92 Å². The van der Waals surface area contributed by atoms with Crippen molar-refractivity contribution in [3.8, 4) is 0 Å². The van der Waals surface area contributed by atoms with Crippen molar-refractivity contribution in [2.75, 3.05) is 7.11 Å². The molecule has 0 amide bonds. The van der Waals surface area contributed by atoms with Crippen LogP contribution in [0.1, 0.15) is 46.0 Å². The van der Waals surface area contributed by atoms with E-state index in [-0.39, 0.29) is 5.60 Å². The van der Waals surface area contributed by atoms with Crippen LogP contribution in [0.5, 0.6) is 0 Å². The van der Waals surface area contributed by atoms with Crippen molar-refractivity contribution < 1.29 is 9.53 Å². The molecule has 2 atom stereocenters. The number of hydrogen-bond donors (Lipinski definition) is 0. The summed E-state index contributed by atoms with van der Waals surface area (Å²) in [5.41, 5.74) is 2.29. The molecule has 0 saturated heterocycles. The Labute approximate surface area is 91.7 Å². The number of allylic oxidation sites excluding steroid dienone is 1. The van der Waals surface area contributed by atoms with Gasteiger partial charge in [0.05, 0.1) is 5.60 Å². The fourth-order valence-electron chi connectivity index (χ4n) is 3.11. The molecule has 0 heterocycles. The fourth-order valence-corrected chi connectivity index (χ4v) is 3.11. The topological polar surface area (TPSA) is 26.3 Å². The summed E-state index contributed by atoms with van der Waals surface area (Å²) in [6.07, 6.45) is 5.01. The maximum absolute atomic E-state index is 11.8. The summed E-state index contributed by atoms with van der Waals surface area (Å²) in [5.74, 6) is 0.812. The van der Waals surface area contributed by atoms with Crippen molar-refractivity contribution >= 4 is 5.78 Å². The van der Waals surface area contributed by atoms with Crippen LogP contribution in [-0.4, -0.2) is 18.5 Å². The molecule has 0 spiro atoms. The number of rotatable bonds is 1.